The van der Waals surface area contributed by atoms with Gasteiger partial charge in [-0.05, 0) is 25.9 Å². The second kappa shape index (κ2) is 7.15. The Morgan fingerprint density at radius 2 is 1.69 bits per heavy atom. The molecular formula is C9H20ClN3. The molecule has 4 heteroatoms. The molecule has 0 atom stereocenters. The third kappa shape index (κ3) is 5.88. The summed E-state index contributed by atoms with van der Waals surface area (Å²) in [5.41, 5.74) is 5.31. The van der Waals surface area contributed by atoms with Gasteiger partial charge in [0.15, 0.2) is 0 Å². The third-order valence-electron chi connectivity index (χ3n) is 2.40. The molecule has 1 fully saturated rings. The minimum atomic E-state index is 0. The molecule has 0 spiro atoms. The summed E-state index contributed by atoms with van der Waals surface area (Å²) in [7, 11) is 0. The fourth-order valence-corrected chi connectivity index (χ4v) is 1.64. The van der Waals surface area contributed by atoms with Crippen molar-refractivity contribution in [3.05, 3.63) is 0 Å². The van der Waals surface area contributed by atoms with Crippen LogP contribution in [0.5, 0.6) is 0 Å². The van der Waals surface area contributed by atoms with Crippen LogP contribution in [0, 0.1) is 5.41 Å². The van der Waals surface area contributed by atoms with Crippen molar-refractivity contribution in [2.45, 2.75) is 32.1 Å². The molecule has 3 N–H and O–H groups in total. The molecule has 1 aliphatic heterocycles. The Morgan fingerprint density at radius 3 is 2.15 bits per heavy atom. The number of likely N-dealkylation sites (tertiary alicyclic amines) is 1. The highest BCUT2D eigenvalue weighted by Crippen LogP contribution is 2.09. The van der Waals surface area contributed by atoms with Gasteiger partial charge in [0.1, 0.15) is 0 Å². The van der Waals surface area contributed by atoms with Crippen molar-refractivity contribution >= 4 is 18.2 Å². The van der Waals surface area contributed by atoms with Crippen LogP contribution in [0.15, 0.2) is 0 Å². The van der Waals surface area contributed by atoms with Gasteiger partial charge in [0.05, 0.1) is 5.84 Å². The molecule has 0 aromatic rings. The Kier molecular flexibility index (Phi) is 7.00. The standard InChI is InChI=1S/C9H19N3.ClH/c10-9(11)5-8-12-6-3-1-2-4-7-12;/h1-8H2,(H3,10,11);1H. The highest BCUT2D eigenvalue weighted by atomic mass is 35.5. The second-order valence-corrected chi connectivity index (χ2v) is 3.53. The quantitative estimate of drug-likeness (QED) is 0.544. The van der Waals surface area contributed by atoms with Crippen molar-refractivity contribution in [1.29, 1.82) is 5.41 Å². The van der Waals surface area contributed by atoms with Gasteiger partial charge < -0.3 is 10.6 Å². The van der Waals surface area contributed by atoms with Crippen molar-refractivity contribution in [2.75, 3.05) is 19.6 Å². The summed E-state index contributed by atoms with van der Waals surface area (Å²) in [5, 5.41) is 7.12. The zero-order chi connectivity index (χ0) is 8.81. The zero-order valence-corrected chi connectivity index (χ0v) is 8.91. The zero-order valence-electron chi connectivity index (χ0n) is 8.09. The van der Waals surface area contributed by atoms with Crippen molar-refractivity contribution in [3.63, 3.8) is 0 Å². The highest BCUT2D eigenvalue weighted by molar-refractivity contribution is 5.85. The molecule has 0 radical (unpaired) electrons. The predicted octanol–water partition coefficient (Wildman–Crippen LogP) is 1.61. The van der Waals surface area contributed by atoms with Gasteiger partial charge in [-0.15, -0.1) is 12.4 Å². The number of halogens is 1. The Balaban J connectivity index is 0.00000144. The molecule has 0 unspecified atom stereocenters. The van der Waals surface area contributed by atoms with Gasteiger partial charge in [-0.3, -0.25) is 5.41 Å². The van der Waals surface area contributed by atoms with E-state index in [0.29, 0.717) is 5.84 Å². The second-order valence-electron chi connectivity index (χ2n) is 3.53. The van der Waals surface area contributed by atoms with E-state index < -0.39 is 0 Å². The molecule has 3 nitrogen and oxygen atoms in total. The molecule has 0 aliphatic carbocycles. The average molecular weight is 206 g/mol. The first-order valence-corrected chi connectivity index (χ1v) is 4.84. The van der Waals surface area contributed by atoms with Crippen LogP contribution >= 0.6 is 12.4 Å². The normalized spacial score (nSPS) is 18.8. The number of nitrogens with zero attached hydrogens (tertiary/aromatic N) is 1. The lowest BCUT2D eigenvalue weighted by Crippen LogP contribution is -2.28. The van der Waals surface area contributed by atoms with Crippen LogP contribution in [0.2, 0.25) is 0 Å². The molecule has 0 bridgehead atoms. The van der Waals surface area contributed by atoms with Crippen molar-refractivity contribution in [2.24, 2.45) is 5.73 Å². The molecule has 78 valence electrons. The maximum Gasteiger partial charge on any atom is 0.0918 e. The van der Waals surface area contributed by atoms with E-state index in [2.05, 4.69) is 4.90 Å². The lowest BCUT2D eigenvalue weighted by molar-refractivity contribution is 0.293. The molecule has 1 aliphatic rings. The molecule has 0 aromatic carbocycles. The van der Waals surface area contributed by atoms with Gasteiger partial charge in [-0.2, -0.15) is 0 Å². The third-order valence-corrected chi connectivity index (χ3v) is 2.40. The Bertz CT molecular complexity index is 142. The maximum atomic E-state index is 7.12. The lowest BCUT2D eigenvalue weighted by Gasteiger charge is -2.18. The largest absolute Gasteiger partial charge is 0.388 e. The van der Waals surface area contributed by atoms with E-state index in [1.165, 1.54) is 38.8 Å². The summed E-state index contributed by atoms with van der Waals surface area (Å²) < 4.78 is 0. The molecule has 0 amide bonds. The molecule has 1 rings (SSSR count). The number of nitrogens with one attached hydrogen (secondary N) is 1. The monoisotopic (exact) mass is 205 g/mol. The van der Waals surface area contributed by atoms with Gasteiger partial charge in [0.2, 0.25) is 0 Å². The first-order valence-electron chi connectivity index (χ1n) is 4.84. The van der Waals surface area contributed by atoms with E-state index in [1.807, 2.05) is 0 Å². The number of rotatable bonds is 3. The van der Waals surface area contributed by atoms with Crippen molar-refractivity contribution in [3.8, 4) is 0 Å². The Hall–Kier alpha value is -0.280. The summed E-state index contributed by atoms with van der Waals surface area (Å²) in [6.07, 6.45) is 6.11. The molecular weight excluding hydrogens is 186 g/mol. The van der Waals surface area contributed by atoms with Crippen LogP contribution in [-0.4, -0.2) is 30.4 Å². The topological polar surface area (TPSA) is 53.1 Å². The Labute approximate surface area is 86.6 Å². The van der Waals surface area contributed by atoms with Crippen LogP contribution in [0.1, 0.15) is 32.1 Å². The van der Waals surface area contributed by atoms with Crippen LogP contribution in [0.3, 0.4) is 0 Å². The van der Waals surface area contributed by atoms with Crippen LogP contribution in [0.25, 0.3) is 0 Å². The molecule has 13 heavy (non-hydrogen) atoms. The van der Waals surface area contributed by atoms with Crippen LogP contribution in [-0.2, 0) is 0 Å². The van der Waals surface area contributed by atoms with Crippen molar-refractivity contribution < 1.29 is 0 Å². The molecule has 1 heterocycles. The fourth-order valence-electron chi connectivity index (χ4n) is 1.64. The summed E-state index contributed by atoms with van der Waals surface area (Å²) in [4.78, 5) is 2.42. The fraction of sp³-hybridized carbons (Fsp3) is 0.889. The SMILES string of the molecule is Cl.N=C(N)CCN1CCCCCC1. The summed E-state index contributed by atoms with van der Waals surface area (Å²) in [5.74, 6) is 0.319. The highest BCUT2D eigenvalue weighted by Gasteiger charge is 2.08. The summed E-state index contributed by atoms with van der Waals surface area (Å²) in [6, 6.07) is 0. The summed E-state index contributed by atoms with van der Waals surface area (Å²) in [6.45, 7) is 3.38. The van der Waals surface area contributed by atoms with E-state index in [9.17, 15) is 0 Å². The molecule has 1 saturated heterocycles. The van der Waals surface area contributed by atoms with E-state index in [4.69, 9.17) is 11.1 Å². The minimum absolute atomic E-state index is 0. The predicted molar refractivity (Wildman–Crippen MR) is 58.7 cm³/mol. The number of nitrogens with two attached hydrogens (primary N) is 1. The first kappa shape index (κ1) is 12.7. The van der Waals surface area contributed by atoms with E-state index >= 15 is 0 Å². The van der Waals surface area contributed by atoms with Crippen LogP contribution < -0.4 is 5.73 Å². The minimum Gasteiger partial charge on any atom is -0.388 e. The molecule has 0 saturated carbocycles. The van der Waals surface area contributed by atoms with Gasteiger partial charge in [0.25, 0.3) is 0 Å². The van der Waals surface area contributed by atoms with E-state index in [0.717, 1.165) is 13.0 Å². The summed E-state index contributed by atoms with van der Waals surface area (Å²) >= 11 is 0. The van der Waals surface area contributed by atoms with Crippen LogP contribution in [0.4, 0.5) is 0 Å². The number of hydrogen-bond donors (Lipinski definition) is 2. The van der Waals surface area contributed by atoms with Crippen molar-refractivity contribution in [1.82, 2.24) is 4.90 Å². The van der Waals surface area contributed by atoms with Gasteiger partial charge in [0, 0.05) is 13.0 Å². The van der Waals surface area contributed by atoms with Gasteiger partial charge in [-0.1, -0.05) is 12.8 Å². The first-order chi connectivity index (χ1) is 5.79. The van der Waals surface area contributed by atoms with E-state index in [1.54, 1.807) is 0 Å². The van der Waals surface area contributed by atoms with Gasteiger partial charge >= 0.3 is 0 Å². The maximum absolute atomic E-state index is 7.12. The van der Waals surface area contributed by atoms with Gasteiger partial charge in [-0.25, -0.2) is 0 Å². The smallest absolute Gasteiger partial charge is 0.0918 e. The average Bonchev–Trinajstić information content (AvgIpc) is 2.28. The number of amidine groups is 1. The Morgan fingerprint density at radius 1 is 1.15 bits per heavy atom. The van der Waals surface area contributed by atoms with E-state index in [-0.39, 0.29) is 12.4 Å². The number of hydrogen-bond acceptors (Lipinski definition) is 2. The lowest BCUT2D eigenvalue weighted by atomic mass is 10.2. The molecule has 0 aromatic heterocycles.